The summed E-state index contributed by atoms with van der Waals surface area (Å²) in [5.74, 6) is -1.04. The van der Waals surface area contributed by atoms with E-state index in [9.17, 15) is 9.59 Å². The van der Waals surface area contributed by atoms with Gasteiger partial charge in [-0.05, 0) is 37.6 Å². The maximum Gasteiger partial charge on any atom is 0.335 e. The zero-order valence-corrected chi connectivity index (χ0v) is 10.6. The highest BCUT2D eigenvalue weighted by Gasteiger charge is 2.05. The molecule has 1 aromatic carbocycles. The summed E-state index contributed by atoms with van der Waals surface area (Å²) in [4.78, 5) is 24.2. The first-order valence-electron chi connectivity index (χ1n) is 5.88. The second-order valence-corrected chi connectivity index (χ2v) is 3.77. The van der Waals surface area contributed by atoms with Crippen LogP contribution in [0, 0.1) is 0 Å². The highest BCUT2D eigenvalue weighted by molar-refractivity contribution is 5.92. The molecule has 0 radical (unpaired) electrons. The molecule has 4 heteroatoms. The van der Waals surface area contributed by atoms with Crippen LogP contribution in [0.2, 0.25) is 0 Å². The van der Waals surface area contributed by atoms with E-state index in [1.807, 2.05) is 13.8 Å². The minimum atomic E-state index is -0.972. The van der Waals surface area contributed by atoms with Gasteiger partial charge >= 0.3 is 5.97 Å². The Morgan fingerprint density at radius 3 is 2.50 bits per heavy atom. The Hall–Kier alpha value is -2.10. The molecule has 1 N–H and O–H groups in total. The number of nitrogens with zero attached hydrogens (tertiary/aromatic N) is 1. The van der Waals surface area contributed by atoms with Gasteiger partial charge in [0.05, 0.1) is 5.56 Å². The summed E-state index contributed by atoms with van der Waals surface area (Å²) in [6, 6.07) is 6.48. The molecule has 18 heavy (non-hydrogen) atoms. The summed E-state index contributed by atoms with van der Waals surface area (Å²) in [5.41, 5.74) is 0.919. The van der Waals surface area contributed by atoms with E-state index in [4.69, 9.17) is 5.11 Å². The Morgan fingerprint density at radius 2 is 1.94 bits per heavy atom. The Bertz CT molecular complexity index is 462. The number of hydrogen-bond donors (Lipinski definition) is 1. The van der Waals surface area contributed by atoms with Crippen molar-refractivity contribution in [3.63, 3.8) is 0 Å². The number of amides is 1. The van der Waals surface area contributed by atoms with E-state index in [1.165, 1.54) is 18.2 Å². The molecular weight excluding hydrogens is 230 g/mol. The van der Waals surface area contributed by atoms with Gasteiger partial charge in [-0.15, -0.1) is 0 Å². The zero-order valence-electron chi connectivity index (χ0n) is 10.6. The van der Waals surface area contributed by atoms with E-state index in [-0.39, 0.29) is 11.5 Å². The fourth-order valence-electron chi connectivity index (χ4n) is 1.58. The molecule has 0 spiro atoms. The number of hydrogen-bond acceptors (Lipinski definition) is 2. The molecule has 0 fully saturated rings. The average Bonchev–Trinajstić information content (AvgIpc) is 2.38. The molecule has 0 aromatic heterocycles. The maximum absolute atomic E-state index is 11.7. The minimum Gasteiger partial charge on any atom is -0.478 e. The maximum atomic E-state index is 11.7. The van der Waals surface area contributed by atoms with Gasteiger partial charge in [-0.1, -0.05) is 12.1 Å². The van der Waals surface area contributed by atoms with E-state index in [2.05, 4.69) is 0 Å². The van der Waals surface area contributed by atoms with Gasteiger partial charge in [0.2, 0.25) is 5.91 Å². The predicted octanol–water partition coefficient (Wildman–Crippen LogP) is 2.27. The van der Waals surface area contributed by atoms with Crippen LogP contribution in [0.3, 0.4) is 0 Å². The molecular formula is C14H17NO3. The third-order valence-electron chi connectivity index (χ3n) is 2.63. The lowest BCUT2D eigenvalue weighted by Crippen LogP contribution is -2.28. The molecule has 96 valence electrons. The van der Waals surface area contributed by atoms with Crippen LogP contribution in [0.5, 0.6) is 0 Å². The van der Waals surface area contributed by atoms with Crippen LogP contribution < -0.4 is 0 Å². The summed E-state index contributed by atoms with van der Waals surface area (Å²) in [5, 5.41) is 8.85. The summed E-state index contributed by atoms with van der Waals surface area (Å²) >= 11 is 0. The highest BCUT2D eigenvalue weighted by atomic mass is 16.4. The number of carboxylic acids is 1. The minimum absolute atomic E-state index is 0.0688. The predicted molar refractivity (Wildman–Crippen MR) is 70.4 cm³/mol. The van der Waals surface area contributed by atoms with Crippen LogP contribution >= 0.6 is 0 Å². The molecule has 0 aliphatic heterocycles. The lowest BCUT2D eigenvalue weighted by molar-refractivity contribution is -0.125. The molecule has 0 atom stereocenters. The molecule has 0 saturated carbocycles. The second-order valence-electron chi connectivity index (χ2n) is 3.77. The second kappa shape index (κ2) is 6.59. The molecule has 0 aliphatic carbocycles. The van der Waals surface area contributed by atoms with Gasteiger partial charge in [-0.2, -0.15) is 0 Å². The highest BCUT2D eigenvalue weighted by Crippen LogP contribution is 2.07. The van der Waals surface area contributed by atoms with Crippen molar-refractivity contribution in [1.82, 2.24) is 4.90 Å². The molecule has 1 amide bonds. The van der Waals surface area contributed by atoms with Gasteiger partial charge < -0.3 is 10.0 Å². The van der Waals surface area contributed by atoms with Crippen molar-refractivity contribution in [3.8, 4) is 0 Å². The van der Waals surface area contributed by atoms with Crippen molar-refractivity contribution in [3.05, 3.63) is 41.5 Å². The van der Waals surface area contributed by atoms with Gasteiger partial charge in [-0.25, -0.2) is 4.79 Å². The van der Waals surface area contributed by atoms with Crippen molar-refractivity contribution in [1.29, 1.82) is 0 Å². The molecule has 0 aliphatic rings. The van der Waals surface area contributed by atoms with Crippen molar-refractivity contribution in [2.45, 2.75) is 13.8 Å². The number of carbonyl (C=O) groups is 2. The van der Waals surface area contributed by atoms with Crippen LogP contribution in [-0.2, 0) is 4.79 Å². The van der Waals surface area contributed by atoms with Crippen LogP contribution in [0.15, 0.2) is 30.3 Å². The molecule has 1 aromatic rings. The average molecular weight is 247 g/mol. The van der Waals surface area contributed by atoms with Crippen LogP contribution in [0.1, 0.15) is 29.8 Å². The molecule has 0 saturated heterocycles. The summed E-state index contributed by atoms with van der Waals surface area (Å²) in [6.07, 6.45) is 3.10. The Labute approximate surface area is 107 Å². The number of likely N-dealkylation sites (N-methyl/N-ethyl adjacent to an activating group) is 1. The molecule has 1 rings (SSSR count). The number of carboxylic acid groups (broad SMARTS) is 1. The summed E-state index contributed by atoms with van der Waals surface area (Å²) in [6.45, 7) is 5.16. The molecule has 0 unspecified atom stereocenters. The van der Waals surface area contributed by atoms with E-state index in [0.29, 0.717) is 18.7 Å². The van der Waals surface area contributed by atoms with Crippen LogP contribution in [-0.4, -0.2) is 35.0 Å². The van der Waals surface area contributed by atoms with Gasteiger partial charge in [0, 0.05) is 19.2 Å². The first-order valence-corrected chi connectivity index (χ1v) is 5.88. The largest absolute Gasteiger partial charge is 0.478 e. The van der Waals surface area contributed by atoms with Crippen molar-refractivity contribution < 1.29 is 14.7 Å². The molecule has 4 nitrogen and oxygen atoms in total. The van der Waals surface area contributed by atoms with Gasteiger partial charge in [0.1, 0.15) is 0 Å². The van der Waals surface area contributed by atoms with Crippen LogP contribution in [0.4, 0.5) is 0 Å². The zero-order chi connectivity index (χ0) is 13.5. The Morgan fingerprint density at radius 1 is 1.28 bits per heavy atom. The normalized spacial score (nSPS) is 10.6. The first-order chi connectivity index (χ1) is 8.58. The number of carbonyl (C=O) groups excluding carboxylic acids is 1. The lowest BCUT2D eigenvalue weighted by Gasteiger charge is -2.15. The molecule has 0 heterocycles. The van der Waals surface area contributed by atoms with Gasteiger partial charge in [0.15, 0.2) is 0 Å². The smallest absolute Gasteiger partial charge is 0.335 e. The van der Waals surface area contributed by atoms with Crippen molar-refractivity contribution in [2.75, 3.05) is 13.1 Å². The van der Waals surface area contributed by atoms with Crippen molar-refractivity contribution >= 4 is 18.0 Å². The van der Waals surface area contributed by atoms with Crippen LogP contribution in [0.25, 0.3) is 6.08 Å². The number of benzene rings is 1. The Kier molecular flexibility index (Phi) is 5.11. The lowest BCUT2D eigenvalue weighted by atomic mass is 10.1. The Balaban J connectivity index is 2.81. The SMILES string of the molecule is CCN(CC)C(=O)C=Cc1cccc(C(=O)O)c1. The van der Waals surface area contributed by atoms with E-state index < -0.39 is 5.97 Å². The number of rotatable bonds is 5. The third kappa shape index (κ3) is 3.73. The van der Waals surface area contributed by atoms with E-state index in [1.54, 1.807) is 23.1 Å². The fraction of sp³-hybridized carbons (Fsp3) is 0.286. The standard InChI is InChI=1S/C14H17NO3/c1-3-15(4-2)13(16)9-8-11-6-5-7-12(10-11)14(17)18/h5-10H,3-4H2,1-2H3,(H,17,18). The quantitative estimate of drug-likeness (QED) is 0.812. The van der Waals surface area contributed by atoms with Gasteiger partial charge in [0.25, 0.3) is 0 Å². The first kappa shape index (κ1) is 14.0. The monoisotopic (exact) mass is 247 g/mol. The van der Waals surface area contributed by atoms with E-state index >= 15 is 0 Å². The van der Waals surface area contributed by atoms with E-state index in [0.717, 1.165) is 0 Å². The van der Waals surface area contributed by atoms with Gasteiger partial charge in [-0.3, -0.25) is 4.79 Å². The molecule has 0 bridgehead atoms. The number of aromatic carboxylic acids is 1. The third-order valence-corrected chi connectivity index (χ3v) is 2.63. The van der Waals surface area contributed by atoms with Crippen molar-refractivity contribution in [2.24, 2.45) is 0 Å². The topological polar surface area (TPSA) is 57.6 Å². The summed E-state index contributed by atoms with van der Waals surface area (Å²) in [7, 11) is 0. The summed E-state index contributed by atoms with van der Waals surface area (Å²) < 4.78 is 0. The fourth-order valence-corrected chi connectivity index (χ4v) is 1.58.